The number of amides is 1. The Hall–Kier alpha value is -2.94. The molecule has 3 aliphatic heterocycles. The molecule has 0 spiro atoms. The monoisotopic (exact) mass is 438 g/mol. The maximum atomic E-state index is 13.3. The van der Waals surface area contributed by atoms with E-state index >= 15 is 0 Å². The third-order valence-corrected chi connectivity index (χ3v) is 6.45. The lowest BCUT2D eigenvalue weighted by molar-refractivity contribution is 0.0655. The number of likely N-dealkylation sites (tertiary alicyclic amines) is 2. The predicted molar refractivity (Wildman–Crippen MR) is 126 cm³/mol. The molecule has 1 aromatic rings. The summed E-state index contributed by atoms with van der Waals surface area (Å²) in [6.07, 6.45) is 7.90. The number of amidine groups is 1. The van der Waals surface area contributed by atoms with Crippen LogP contribution in [0.5, 0.6) is 0 Å². The van der Waals surface area contributed by atoms with Gasteiger partial charge in [0.2, 0.25) is 0 Å². The molecule has 9 nitrogen and oxygen atoms in total. The number of rotatable bonds is 4. The van der Waals surface area contributed by atoms with E-state index in [9.17, 15) is 4.79 Å². The van der Waals surface area contributed by atoms with Crippen molar-refractivity contribution in [1.29, 1.82) is 0 Å². The summed E-state index contributed by atoms with van der Waals surface area (Å²) in [6.45, 7) is 12.9. The molecule has 4 heterocycles. The van der Waals surface area contributed by atoms with Gasteiger partial charge in [0.05, 0.1) is 6.04 Å². The average Bonchev–Trinajstić information content (AvgIpc) is 3.39. The van der Waals surface area contributed by atoms with E-state index in [2.05, 4.69) is 21.8 Å². The van der Waals surface area contributed by atoms with Crippen LogP contribution in [0.15, 0.2) is 39.8 Å². The molecule has 172 valence electrons. The number of hydrazone groups is 1. The first-order chi connectivity index (χ1) is 15.4. The molecular weight excluding hydrogens is 404 g/mol. The molecule has 0 aliphatic carbocycles. The van der Waals surface area contributed by atoms with Crippen LogP contribution in [0.4, 0.5) is 0 Å². The van der Waals surface area contributed by atoms with Crippen LogP contribution in [-0.4, -0.2) is 74.8 Å². The van der Waals surface area contributed by atoms with E-state index in [4.69, 9.17) is 10.7 Å². The van der Waals surface area contributed by atoms with Crippen molar-refractivity contribution in [2.45, 2.75) is 65.1 Å². The topological polar surface area (TPSA) is 95.4 Å². The summed E-state index contributed by atoms with van der Waals surface area (Å²) in [5, 5.41) is 10.3. The van der Waals surface area contributed by atoms with Gasteiger partial charge >= 0.3 is 0 Å². The zero-order chi connectivity index (χ0) is 22.8. The zero-order valence-corrected chi connectivity index (χ0v) is 19.4. The van der Waals surface area contributed by atoms with Crippen LogP contribution in [-0.2, 0) is 6.54 Å². The van der Waals surface area contributed by atoms with Crippen molar-refractivity contribution in [3.8, 4) is 0 Å². The number of carbonyl (C=O) groups is 1. The van der Waals surface area contributed by atoms with Crippen molar-refractivity contribution in [3.63, 3.8) is 0 Å². The third-order valence-electron chi connectivity index (χ3n) is 6.45. The molecular formula is C23H34N8O. The summed E-state index contributed by atoms with van der Waals surface area (Å²) >= 11 is 0. The number of aliphatic imine (C=N–C) groups is 1. The first kappa shape index (κ1) is 22.3. The molecule has 4 rings (SSSR count). The summed E-state index contributed by atoms with van der Waals surface area (Å²) < 4.78 is 1.86. The Bertz CT molecular complexity index is 975. The van der Waals surface area contributed by atoms with Gasteiger partial charge in [-0.15, -0.1) is 0 Å². The van der Waals surface area contributed by atoms with Gasteiger partial charge in [0.1, 0.15) is 5.84 Å². The number of piperidine rings is 1. The highest BCUT2D eigenvalue weighted by Gasteiger charge is 2.31. The normalized spacial score (nSPS) is 25.2. The van der Waals surface area contributed by atoms with Crippen LogP contribution in [0, 0.1) is 6.92 Å². The van der Waals surface area contributed by atoms with Crippen molar-refractivity contribution >= 4 is 18.5 Å². The van der Waals surface area contributed by atoms with Crippen molar-refractivity contribution < 1.29 is 4.79 Å². The fraction of sp³-hybridized carbons (Fsp3) is 0.565. The molecule has 2 atom stereocenters. The predicted octanol–water partition coefficient (Wildman–Crippen LogP) is 2.31. The minimum Gasteiger partial charge on any atom is -0.355 e. The highest BCUT2D eigenvalue weighted by atomic mass is 16.2. The van der Waals surface area contributed by atoms with E-state index in [1.807, 2.05) is 48.7 Å². The summed E-state index contributed by atoms with van der Waals surface area (Å²) in [5.41, 5.74) is 8.65. The van der Waals surface area contributed by atoms with E-state index in [1.165, 1.54) is 0 Å². The number of aryl methyl sites for hydroxylation is 2. The van der Waals surface area contributed by atoms with Gasteiger partial charge in [-0.3, -0.25) is 9.48 Å². The van der Waals surface area contributed by atoms with Gasteiger partial charge < -0.3 is 15.5 Å². The second kappa shape index (κ2) is 9.28. The second-order valence-electron chi connectivity index (χ2n) is 8.80. The summed E-state index contributed by atoms with van der Waals surface area (Å²) in [7, 11) is 0. The molecule has 0 bridgehead atoms. The van der Waals surface area contributed by atoms with Gasteiger partial charge in [0, 0.05) is 56.4 Å². The van der Waals surface area contributed by atoms with Gasteiger partial charge in [-0.2, -0.15) is 10.2 Å². The Morgan fingerprint density at radius 1 is 1.31 bits per heavy atom. The molecule has 0 saturated carbocycles. The van der Waals surface area contributed by atoms with E-state index in [0.717, 1.165) is 62.4 Å². The van der Waals surface area contributed by atoms with Crippen LogP contribution >= 0.6 is 0 Å². The van der Waals surface area contributed by atoms with Crippen LogP contribution in [0.1, 0.15) is 55.7 Å². The molecule has 0 aromatic carbocycles. The van der Waals surface area contributed by atoms with E-state index < -0.39 is 0 Å². The molecule has 2 N–H and O–H groups in total. The molecule has 2 saturated heterocycles. The van der Waals surface area contributed by atoms with Gasteiger partial charge in [0.15, 0.2) is 11.5 Å². The highest BCUT2D eigenvalue weighted by Crippen LogP contribution is 2.27. The fourth-order valence-electron chi connectivity index (χ4n) is 4.72. The molecule has 1 unspecified atom stereocenters. The number of carbonyl (C=O) groups excluding carboxylic acids is 1. The quantitative estimate of drug-likeness (QED) is 0.728. The first-order valence-corrected chi connectivity index (χ1v) is 11.5. The van der Waals surface area contributed by atoms with Crippen molar-refractivity contribution in [1.82, 2.24) is 24.6 Å². The standard InChI is InChI=1S/C23H34N8O/c1-5-30-17(3)12-20(27-30)23(32)29-10-7-6-8-19(29)13-21-26-22(16(2)14-31(21)25-4)28-11-9-18(24)15-28/h12-14,18-19H,4-11,15,24H2,1-3H3/b21-13-/t18-,19?/m0/s1. The van der Waals surface area contributed by atoms with Crippen molar-refractivity contribution in [2.24, 2.45) is 15.8 Å². The van der Waals surface area contributed by atoms with Crippen LogP contribution in [0.2, 0.25) is 0 Å². The SMILES string of the molecule is C=NN1C=C(C)C(N2CC[C@H](N)C2)=N/C1=C/C1CCCCN1C(=O)c1cc(C)n(CC)n1. The Kier molecular flexibility index (Phi) is 6.45. The van der Waals surface area contributed by atoms with Crippen molar-refractivity contribution in [2.75, 3.05) is 19.6 Å². The van der Waals surface area contributed by atoms with E-state index in [1.54, 1.807) is 5.01 Å². The van der Waals surface area contributed by atoms with Gasteiger partial charge in [0.25, 0.3) is 5.91 Å². The summed E-state index contributed by atoms with van der Waals surface area (Å²) in [6, 6.07) is 1.98. The molecule has 2 fully saturated rings. The zero-order valence-electron chi connectivity index (χ0n) is 19.4. The molecule has 0 radical (unpaired) electrons. The Labute approximate surface area is 189 Å². The Morgan fingerprint density at radius 3 is 2.78 bits per heavy atom. The minimum atomic E-state index is -0.0692. The second-order valence-corrected chi connectivity index (χ2v) is 8.80. The Balaban J connectivity index is 1.63. The number of nitrogens with zero attached hydrogens (tertiary/aromatic N) is 7. The van der Waals surface area contributed by atoms with Gasteiger partial charge in [-0.25, -0.2) is 10.0 Å². The smallest absolute Gasteiger partial charge is 0.274 e. The molecule has 32 heavy (non-hydrogen) atoms. The molecule has 9 heteroatoms. The summed E-state index contributed by atoms with van der Waals surface area (Å²) in [5.74, 6) is 1.59. The van der Waals surface area contributed by atoms with Crippen LogP contribution in [0.3, 0.4) is 0 Å². The number of aromatic nitrogens is 2. The fourth-order valence-corrected chi connectivity index (χ4v) is 4.72. The maximum Gasteiger partial charge on any atom is 0.274 e. The molecule has 3 aliphatic rings. The van der Waals surface area contributed by atoms with Crippen LogP contribution < -0.4 is 5.73 Å². The van der Waals surface area contributed by atoms with Crippen LogP contribution in [0.25, 0.3) is 0 Å². The number of nitrogens with two attached hydrogens (primary N) is 1. The largest absolute Gasteiger partial charge is 0.355 e. The lowest BCUT2D eigenvalue weighted by atomic mass is 10.0. The Morgan fingerprint density at radius 2 is 2.12 bits per heavy atom. The number of hydrogen-bond donors (Lipinski definition) is 1. The molecule has 1 amide bonds. The van der Waals surface area contributed by atoms with E-state index in [0.29, 0.717) is 18.1 Å². The third kappa shape index (κ3) is 4.34. The first-order valence-electron chi connectivity index (χ1n) is 11.5. The highest BCUT2D eigenvalue weighted by molar-refractivity contribution is 5.99. The van der Waals surface area contributed by atoms with Gasteiger partial charge in [-0.1, -0.05) is 0 Å². The maximum absolute atomic E-state index is 13.3. The average molecular weight is 439 g/mol. The van der Waals surface area contributed by atoms with Gasteiger partial charge in [-0.05, 0) is 58.6 Å². The summed E-state index contributed by atoms with van der Waals surface area (Å²) in [4.78, 5) is 22.4. The lowest BCUT2D eigenvalue weighted by Gasteiger charge is -2.35. The van der Waals surface area contributed by atoms with Crippen molar-refractivity contribution in [3.05, 3.63) is 41.1 Å². The van der Waals surface area contributed by atoms with E-state index in [-0.39, 0.29) is 18.0 Å². The lowest BCUT2D eigenvalue weighted by Crippen LogP contribution is -2.43. The molecule has 1 aromatic heterocycles. The minimum absolute atomic E-state index is 0.0304. The number of hydrogen-bond acceptors (Lipinski definition) is 7.